The van der Waals surface area contributed by atoms with Crippen LogP contribution < -0.4 is 5.32 Å². The normalized spacial score (nSPS) is 14.2. The summed E-state index contributed by atoms with van der Waals surface area (Å²) in [4.78, 5) is 32.4. The maximum Gasteiger partial charge on any atom is 0.230 e. The molecular weight excluding hydrogens is 390 g/mol. The molecule has 0 fully saturated rings. The van der Waals surface area contributed by atoms with E-state index in [9.17, 15) is 9.59 Å². The first-order valence-corrected chi connectivity index (χ1v) is 10.9. The third-order valence-corrected chi connectivity index (χ3v) is 7.10. The van der Waals surface area contributed by atoms with Crippen molar-refractivity contribution in [2.24, 2.45) is 5.41 Å². The molecule has 2 aromatic heterocycles. The lowest BCUT2D eigenvalue weighted by molar-refractivity contribution is -0.129. The Morgan fingerprint density at radius 3 is 2.61 bits per heavy atom. The zero-order valence-electron chi connectivity index (χ0n) is 16.5. The van der Waals surface area contributed by atoms with Gasteiger partial charge in [-0.2, -0.15) is 0 Å². The molecule has 4 rings (SSSR count). The van der Waals surface area contributed by atoms with Crippen LogP contribution in [0.1, 0.15) is 38.1 Å². The van der Waals surface area contributed by atoms with E-state index in [0.29, 0.717) is 13.1 Å². The van der Waals surface area contributed by atoms with Crippen molar-refractivity contribution in [1.82, 2.24) is 9.88 Å². The molecule has 1 aliphatic heterocycles. The number of rotatable bonds is 2. The van der Waals surface area contributed by atoms with Gasteiger partial charge in [0.1, 0.15) is 10.0 Å². The number of fused-ring (bicyclic) bond motifs is 2. The first-order chi connectivity index (χ1) is 13.2. The van der Waals surface area contributed by atoms with Crippen LogP contribution in [-0.2, 0) is 22.6 Å². The third-order valence-electron chi connectivity index (χ3n) is 4.92. The van der Waals surface area contributed by atoms with E-state index in [-0.39, 0.29) is 11.8 Å². The van der Waals surface area contributed by atoms with Gasteiger partial charge in [-0.25, -0.2) is 4.98 Å². The molecule has 0 unspecified atom stereocenters. The van der Waals surface area contributed by atoms with E-state index < -0.39 is 5.41 Å². The molecule has 0 atom stereocenters. The van der Waals surface area contributed by atoms with Gasteiger partial charge in [-0.3, -0.25) is 9.59 Å². The summed E-state index contributed by atoms with van der Waals surface area (Å²) >= 11 is 3.22. The minimum Gasteiger partial charge on any atom is -0.337 e. The molecule has 0 bridgehead atoms. The highest BCUT2D eigenvalue weighted by atomic mass is 32.1. The molecule has 0 saturated heterocycles. The van der Waals surface area contributed by atoms with Gasteiger partial charge in [-0.05, 0) is 24.1 Å². The molecule has 7 heteroatoms. The van der Waals surface area contributed by atoms with Crippen LogP contribution >= 0.6 is 22.7 Å². The van der Waals surface area contributed by atoms with Gasteiger partial charge in [0.2, 0.25) is 11.8 Å². The fourth-order valence-electron chi connectivity index (χ4n) is 3.26. The zero-order valence-corrected chi connectivity index (χ0v) is 18.1. The fraction of sp³-hybridized carbons (Fsp3) is 0.381. The maximum absolute atomic E-state index is 12.7. The van der Waals surface area contributed by atoms with Gasteiger partial charge < -0.3 is 10.2 Å². The molecule has 3 heterocycles. The second-order valence-electron chi connectivity index (χ2n) is 8.09. The predicted octanol–water partition coefficient (Wildman–Crippen LogP) is 4.91. The molecule has 3 aromatic rings. The van der Waals surface area contributed by atoms with Crippen LogP contribution in [0, 0.1) is 5.41 Å². The molecule has 1 aliphatic rings. The van der Waals surface area contributed by atoms with E-state index in [4.69, 9.17) is 4.98 Å². The van der Waals surface area contributed by atoms with Gasteiger partial charge in [0.05, 0.1) is 16.8 Å². The van der Waals surface area contributed by atoms with Gasteiger partial charge in [-0.15, -0.1) is 22.7 Å². The minimum absolute atomic E-state index is 0.0168. The van der Waals surface area contributed by atoms with E-state index in [1.807, 2.05) is 43.9 Å². The highest BCUT2D eigenvalue weighted by Gasteiger charge is 2.30. The van der Waals surface area contributed by atoms with Crippen molar-refractivity contribution in [2.45, 2.75) is 40.7 Å². The van der Waals surface area contributed by atoms with Gasteiger partial charge in [0.15, 0.2) is 0 Å². The van der Waals surface area contributed by atoms with Crippen molar-refractivity contribution in [1.29, 1.82) is 0 Å². The largest absolute Gasteiger partial charge is 0.337 e. The quantitative estimate of drug-likeness (QED) is 0.649. The summed E-state index contributed by atoms with van der Waals surface area (Å²) in [5.41, 5.74) is 2.73. The molecule has 28 heavy (non-hydrogen) atoms. The third kappa shape index (κ3) is 3.44. The Morgan fingerprint density at radius 2 is 1.93 bits per heavy atom. The van der Waals surface area contributed by atoms with Crippen molar-refractivity contribution >= 4 is 49.7 Å². The molecule has 1 N–H and O–H groups in total. The van der Waals surface area contributed by atoms with Crippen molar-refractivity contribution in [3.63, 3.8) is 0 Å². The Kier molecular flexibility index (Phi) is 4.75. The number of nitrogens with zero attached hydrogens (tertiary/aromatic N) is 2. The van der Waals surface area contributed by atoms with Crippen molar-refractivity contribution in [3.8, 4) is 10.6 Å². The average molecular weight is 414 g/mol. The van der Waals surface area contributed by atoms with Crippen LogP contribution in [0.2, 0.25) is 0 Å². The Balaban J connectivity index is 1.83. The number of hydrogen-bond donors (Lipinski definition) is 1. The molecule has 0 saturated carbocycles. The molecule has 0 radical (unpaired) electrons. The van der Waals surface area contributed by atoms with Crippen LogP contribution in [0.25, 0.3) is 20.8 Å². The molecular formula is C21H23N3O2S2. The van der Waals surface area contributed by atoms with Gasteiger partial charge in [-0.1, -0.05) is 32.9 Å². The number of carbonyl (C=O) groups is 2. The maximum atomic E-state index is 12.7. The molecule has 0 aliphatic carbocycles. The summed E-state index contributed by atoms with van der Waals surface area (Å²) in [5, 5.41) is 4.91. The summed E-state index contributed by atoms with van der Waals surface area (Å²) in [6.45, 7) is 8.62. The Hall–Kier alpha value is -2.25. The van der Waals surface area contributed by atoms with E-state index in [2.05, 4.69) is 11.4 Å². The first kappa shape index (κ1) is 19.1. The second-order valence-corrected chi connectivity index (χ2v) is 10.2. The van der Waals surface area contributed by atoms with E-state index >= 15 is 0 Å². The number of nitrogens with one attached hydrogen (secondary N) is 1. The van der Waals surface area contributed by atoms with Gasteiger partial charge in [0, 0.05) is 29.3 Å². The SMILES string of the molecule is CC(=O)N1CCc2c(sc(NC(=O)C(C)(C)C)c2-c2nc3ccccc3s2)C1. The number of benzene rings is 1. The lowest BCUT2D eigenvalue weighted by Gasteiger charge is -2.26. The summed E-state index contributed by atoms with van der Waals surface area (Å²) in [6.07, 6.45) is 0.780. The second kappa shape index (κ2) is 6.97. The number of carbonyl (C=O) groups excluding carboxylic acids is 2. The van der Waals surface area contributed by atoms with Crippen LogP contribution in [-0.4, -0.2) is 28.2 Å². The van der Waals surface area contributed by atoms with E-state index in [1.54, 1.807) is 29.6 Å². The number of aromatic nitrogens is 1. The Labute approximate surface area is 172 Å². The van der Waals surface area contributed by atoms with Crippen molar-refractivity contribution < 1.29 is 9.59 Å². The number of anilines is 1. The molecule has 1 aromatic carbocycles. The number of thiazole rings is 1. The highest BCUT2D eigenvalue weighted by Crippen LogP contribution is 2.46. The van der Waals surface area contributed by atoms with Crippen molar-refractivity contribution in [2.75, 3.05) is 11.9 Å². The molecule has 0 spiro atoms. The van der Waals surface area contributed by atoms with Crippen LogP contribution in [0.5, 0.6) is 0 Å². The average Bonchev–Trinajstić information content (AvgIpc) is 3.20. The minimum atomic E-state index is -0.485. The van der Waals surface area contributed by atoms with E-state index in [1.165, 1.54) is 5.56 Å². The monoisotopic (exact) mass is 413 g/mol. The lowest BCUT2D eigenvalue weighted by atomic mass is 9.95. The summed E-state index contributed by atoms with van der Waals surface area (Å²) < 4.78 is 1.13. The zero-order chi connectivity index (χ0) is 20.1. The standard InChI is InChI=1S/C21H23N3O2S2/c1-12(25)24-10-9-13-16(11-24)28-19(23-20(26)21(2,3)4)17(13)18-22-14-7-5-6-8-15(14)27-18/h5-8H,9-11H2,1-4H3,(H,23,26). The van der Waals surface area contributed by atoms with Crippen LogP contribution in [0.4, 0.5) is 5.00 Å². The number of hydrogen-bond acceptors (Lipinski definition) is 5. The smallest absolute Gasteiger partial charge is 0.230 e. The van der Waals surface area contributed by atoms with E-state index in [0.717, 1.165) is 37.1 Å². The fourth-order valence-corrected chi connectivity index (χ4v) is 5.63. The van der Waals surface area contributed by atoms with Gasteiger partial charge in [0.25, 0.3) is 0 Å². The van der Waals surface area contributed by atoms with Crippen LogP contribution in [0.15, 0.2) is 24.3 Å². The topological polar surface area (TPSA) is 62.3 Å². The molecule has 2 amide bonds. The summed E-state index contributed by atoms with van der Waals surface area (Å²) in [7, 11) is 0. The molecule has 146 valence electrons. The summed E-state index contributed by atoms with van der Waals surface area (Å²) in [5.74, 6) is 0.0674. The van der Waals surface area contributed by atoms with Crippen molar-refractivity contribution in [3.05, 3.63) is 34.7 Å². The number of thiophene rings is 1. The summed E-state index contributed by atoms with van der Waals surface area (Å²) in [6, 6.07) is 8.08. The Morgan fingerprint density at radius 1 is 1.18 bits per heavy atom. The number of para-hydroxylation sites is 1. The molecule has 5 nitrogen and oxygen atoms in total. The number of amides is 2. The lowest BCUT2D eigenvalue weighted by Crippen LogP contribution is -2.33. The van der Waals surface area contributed by atoms with Crippen LogP contribution in [0.3, 0.4) is 0 Å². The first-order valence-electron chi connectivity index (χ1n) is 9.31. The van der Waals surface area contributed by atoms with Gasteiger partial charge >= 0.3 is 0 Å². The predicted molar refractivity (Wildman–Crippen MR) is 116 cm³/mol. The Bertz CT molecular complexity index is 1040. The highest BCUT2D eigenvalue weighted by molar-refractivity contribution is 7.22.